The molecule has 0 fully saturated rings. The second-order valence-corrected chi connectivity index (χ2v) is 7.49. The monoisotopic (exact) mass is 452 g/mol. The van der Waals surface area contributed by atoms with Crippen LogP contribution in [0.4, 0.5) is 0 Å². The molecule has 0 aliphatic heterocycles. The van der Waals surface area contributed by atoms with Crippen LogP contribution in [-0.4, -0.2) is 22.9 Å². The summed E-state index contributed by atoms with van der Waals surface area (Å²) < 4.78 is 12.5. The number of aromatic nitrogens is 2. The summed E-state index contributed by atoms with van der Waals surface area (Å²) in [5.74, 6) is 0.130. The smallest absolute Gasteiger partial charge is 0.342 e. The predicted octanol–water partition coefficient (Wildman–Crippen LogP) is 6.21. The fraction of sp³-hybridized carbons (Fsp3) is 0.0833. The van der Waals surface area contributed by atoms with Crippen molar-refractivity contribution in [2.45, 2.75) is 6.61 Å². The van der Waals surface area contributed by atoms with Crippen LogP contribution in [0.1, 0.15) is 15.9 Å². The van der Waals surface area contributed by atoms with E-state index >= 15 is 0 Å². The third-order valence-corrected chi connectivity index (χ3v) is 5.42. The van der Waals surface area contributed by atoms with Gasteiger partial charge in [0, 0.05) is 27.4 Å². The Hall–Kier alpha value is -3.28. The standard InChI is InChI=1S/C24H18Cl2N2O3/c1-30-18-10-5-7-16(13-18)23-19(14-28(27-23)17-8-3-2-4-9-17)24(29)31-15-20-21(25)11-6-12-22(20)26/h2-14H,15H2,1H3. The SMILES string of the molecule is COc1cccc(-c2nn(-c3ccccc3)cc2C(=O)OCc2c(Cl)cccc2Cl)c1. The van der Waals surface area contributed by atoms with Crippen LogP contribution in [0.3, 0.4) is 0 Å². The van der Waals surface area contributed by atoms with Crippen LogP contribution in [-0.2, 0) is 11.3 Å². The quantitative estimate of drug-likeness (QED) is 0.326. The van der Waals surface area contributed by atoms with Gasteiger partial charge in [-0.1, -0.05) is 59.6 Å². The number of para-hydroxylation sites is 1. The van der Waals surface area contributed by atoms with Crippen molar-refractivity contribution in [2.75, 3.05) is 7.11 Å². The zero-order valence-electron chi connectivity index (χ0n) is 16.6. The number of nitrogens with zero attached hydrogens (tertiary/aromatic N) is 2. The van der Waals surface area contributed by atoms with Gasteiger partial charge in [0.1, 0.15) is 23.6 Å². The predicted molar refractivity (Wildman–Crippen MR) is 121 cm³/mol. The van der Waals surface area contributed by atoms with Crippen LogP contribution in [0.2, 0.25) is 10.0 Å². The Balaban J connectivity index is 1.71. The maximum Gasteiger partial charge on any atom is 0.342 e. The van der Waals surface area contributed by atoms with Crippen LogP contribution in [0.15, 0.2) is 79.0 Å². The highest BCUT2D eigenvalue weighted by Crippen LogP contribution is 2.29. The lowest BCUT2D eigenvalue weighted by Crippen LogP contribution is -2.06. The molecule has 7 heteroatoms. The average molecular weight is 453 g/mol. The second kappa shape index (κ2) is 9.25. The zero-order chi connectivity index (χ0) is 21.8. The Morgan fingerprint density at radius 1 is 0.968 bits per heavy atom. The number of esters is 1. The topological polar surface area (TPSA) is 53.4 Å². The van der Waals surface area contributed by atoms with E-state index in [0.29, 0.717) is 32.6 Å². The lowest BCUT2D eigenvalue weighted by atomic mass is 10.1. The van der Waals surface area contributed by atoms with E-state index in [-0.39, 0.29) is 6.61 Å². The molecule has 1 heterocycles. The summed E-state index contributed by atoms with van der Waals surface area (Å²) in [7, 11) is 1.59. The van der Waals surface area contributed by atoms with E-state index in [1.807, 2.05) is 54.6 Å². The molecule has 0 unspecified atom stereocenters. The lowest BCUT2D eigenvalue weighted by Gasteiger charge is -2.08. The minimum atomic E-state index is -0.531. The minimum absolute atomic E-state index is 0.0502. The van der Waals surface area contributed by atoms with Crippen molar-refractivity contribution >= 4 is 29.2 Å². The molecular weight excluding hydrogens is 435 g/mol. The zero-order valence-corrected chi connectivity index (χ0v) is 18.1. The van der Waals surface area contributed by atoms with Crippen molar-refractivity contribution in [1.29, 1.82) is 0 Å². The number of halogens is 2. The first kappa shape index (κ1) is 21.0. The van der Waals surface area contributed by atoms with Crippen LogP contribution < -0.4 is 4.74 Å². The van der Waals surface area contributed by atoms with E-state index in [1.165, 1.54) is 0 Å². The van der Waals surface area contributed by atoms with E-state index in [2.05, 4.69) is 5.10 Å². The highest BCUT2D eigenvalue weighted by molar-refractivity contribution is 6.35. The molecule has 0 spiro atoms. The molecule has 0 aliphatic carbocycles. The van der Waals surface area contributed by atoms with Gasteiger partial charge in [0.2, 0.25) is 0 Å². The largest absolute Gasteiger partial charge is 0.497 e. The molecule has 5 nitrogen and oxygen atoms in total. The van der Waals surface area contributed by atoms with Gasteiger partial charge >= 0.3 is 5.97 Å². The Bertz CT molecular complexity index is 1200. The van der Waals surface area contributed by atoms with Gasteiger partial charge in [-0.15, -0.1) is 0 Å². The molecule has 0 N–H and O–H groups in total. The van der Waals surface area contributed by atoms with Crippen molar-refractivity contribution in [3.63, 3.8) is 0 Å². The van der Waals surface area contributed by atoms with Gasteiger partial charge in [-0.05, 0) is 36.4 Å². The first-order valence-electron chi connectivity index (χ1n) is 9.46. The highest BCUT2D eigenvalue weighted by atomic mass is 35.5. The van der Waals surface area contributed by atoms with Gasteiger partial charge in [0.05, 0.1) is 12.8 Å². The van der Waals surface area contributed by atoms with Gasteiger partial charge in [-0.2, -0.15) is 5.10 Å². The van der Waals surface area contributed by atoms with Crippen molar-refractivity contribution < 1.29 is 14.3 Å². The summed E-state index contributed by atoms with van der Waals surface area (Å²) in [6.07, 6.45) is 1.65. The van der Waals surface area contributed by atoms with Gasteiger partial charge in [0.25, 0.3) is 0 Å². The van der Waals surface area contributed by atoms with E-state index in [1.54, 1.807) is 36.2 Å². The molecule has 1 aromatic heterocycles. The molecule has 4 aromatic rings. The molecule has 0 saturated heterocycles. The highest BCUT2D eigenvalue weighted by Gasteiger charge is 2.21. The van der Waals surface area contributed by atoms with E-state index in [4.69, 9.17) is 32.7 Å². The Kier molecular flexibility index (Phi) is 6.26. The van der Waals surface area contributed by atoms with E-state index in [9.17, 15) is 4.79 Å². The first-order valence-corrected chi connectivity index (χ1v) is 10.2. The summed E-state index contributed by atoms with van der Waals surface area (Å²) in [5, 5.41) is 5.52. The summed E-state index contributed by atoms with van der Waals surface area (Å²) in [6.45, 7) is -0.0502. The number of carbonyl (C=O) groups excluding carboxylic acids is 1. The average Bonchev–Trinajstić information content (AvgIpc) is 3.25. The molecule has 4 rings (SSSR count). The fourth-order valence-electron chi connectivity index (χ4n) is 3.11. The Labute approximate surface area is 189 Å². The molecule has 0 saturated carbocycles. The molecule has 156 valence electrons. The molecule has 3 aromatic carbocycles. The van der Waals surface area contributed by atoms with Gasteiger partial charge in [-0.3, -0.25) is 0 Å². The molecule has 0 bridgehead atoms. The van der Waals surface area contributed by atoms with Crippen molar-refractivity contribution in [2.24, 2.45) is 0 Å². The summed E-state index contributed by atoms with van der Waals surface area (Å²) in [6, 6.07) is 22.0. The number of hydrogen-bond acceptors (Lipinski definition) is 4. The number of rotatable bonds is 6. The molecule has 0 radical (unpaired) electrons. The number of hydrogen-bond donors (Lipinski definition) is 0. The summed E-state index contributed by atoms with van der Waals surface area (Å²) >= 11 is 12.4. The number of ether oxygens (including phenoxy) is 2. The van der Waals surface area contributed by atoms with Crippen molar-refractivity contribution in [3.8, 4) is 22.7 Å². The molecular formula is C24H18Cl2N2O3. The van der Waals surface area contributed by atoms with Crippen LogP contribution in [0.5, 0.6) is 5.75 Å². The Morgan fingerprint density at radius 3 is 2.39 bits per heavy atom. The van der Waals surface area contributed by atoms with Crippen LogP contribution in [0.25, 0.3) is 16.9 Å². The maximum absolute atomic E-state index is 13.0. The number of benzene rings is 3. The van der Waals surface area contributed by atoms with Crippen molar-refractivity contribution in [1.82, 2.24) is 9.78 Å². The van der Waals surface area contributed by atoms with Gasteiger partial charge < -0.3 is 9.47 Å². The Morgan fingerprint density at radius 2 is 1.68 bits per heavy atom. The van der Waals surface area contributed by atoms with E-state index in [0.717, 1.165) is 11.3 Å². The second-order valence-electron chi connectivity index (χ2n) is 6.68. The minimum Gasteiger partial charge on any atom is -0.497 e. The van der Waals surface area contributed by atoms with Crippen LogP contribution >= 0.6 is 23.2 Å². The molecule has 0 amide bonds. The van der Waals surface area contributed by atoms with Crippen molar-refractivity contribution in [3.05, 3.63) is 100 Å². The molecule has 0 atom stereocenters. The maximum atomic E-state index is 13.0. The summed E-state index contributed by atoms with van der Waals surface area (Å²) in [5.41, 5.74) is 2.91. The summed E-state index contributed by atoms with van der Waals surface area (Å²) in [4.78, 5) is 13.0. The normalized spacial score (nSPS) is 10.7. The molecule has 0 aliphatic rings. The van der Waals surface area contributed by atoms with Gasteiger partial charge in [0.15, 0.2) is 0 Å². The van der Waals surface area contributed by atoms with Gasteiger partial charge in [-0.25, -0.2) is 9.48 Å². The van der Waals surface area contributed by atoms with Crippen LogP contribution in [0, 0.1) is 0 Å². The van der Waals surface area contributed by atoms with E-state index < -0.39 is 5.97 Å². The lowest BCUT2D eigenvalue weighted by molar-refractivity contribution is 0.0474. The third kappa shape index (κ3) is 4.58. The fourth-order valence-corrected chi connectivity index (χ4v) is 3.61. The molecule has 31 heavy (non-hydrogen) atoms. The first-order chi connectivity index (χ1) is 15.1. The number of carbonyl (C=O) groups is 1. The number of methoxy groups -OCH3 is 1. The third-order valence-electron chi connectivity index (χ3n) is 4.71.